The van der Waals surface area contributed by atoms with Gasteiger partial charge in [-0.3, -0.25) is 0 Å². The highest BCUT2D eigenvalue weighted by Gasteiger charge is 2.22. The first-order valence-electron chi connectivity index (χ1n) is 6.75. The molecule has 20 heavy (non-hydrogen) atoms. The average molecular weight is 333 g/mol. The SMILES string of the molecule is O[C@H]1CCCC[C@@H]1CNC(=S)Nc1c(Cl)cccc1Cl. The van der Waals surface area contributed by atoms with Gasteiger partial charge in [0.1, 0.15) is 0 Å². The monoisotopic (exact) mass is 332 g/mol. The van der Waals surface area contributed by atoms with Gasteiger partial charge in [0.15, 0.2) is 5.11 Å². The van der Waals surface area contributed by atoms with Gasteiger partial charge in [0.2, 0.25) is 0 Å². The topological polar surface area (TPSA) is 44.3 Å². The van der Waals surface area contributed by atoms with Crippen molar-refractivity contribution in [3.05, 3.63) is 28.2 Å². The quantitative estimate of drug-likeness (QED) is 0.736. The second-order valence-corrected chi connectivity index (χ2v) is 6.27. The highest BCUT2D eigenvalue weighted by Crippen LogP contribution is 2.29. The first kappa shape index (κ1) is 15.8. The van der Waals surface area contributed by atoms with Crippen LogP contribution in [0, 0.1) is 5.92 Å². The number of halogens is 2. The van der Waals surface area contributed by atoms with Crippen molar-refractivity contribution >= 4 is 46.2 Å². The number of aliphatic hydroxyl groups excluding tert-OH is 1. The van der Waals surface area contributed by atoms with Gasteiger partial charge in [-0.2, -0.15) is 0 Å². The molecule has 110 valence electrons. The van der Waals surface area contributed by atoms with Crippen molar-refractivity contribution in [3.8, 4) is 0 Å². The molecule has 0 saturated heterocycles. The summed E-state index contributed by atoms with van der Waals surface area (Å²) in [5, 5.41) is 17.6. The average Bonchev–Trinajstić information content (AvgIpc) is 2.42. The third-order valence-electron chi connectivity index (χ3n) is 3.60. The number of para-hydroxylation sites is 1. The van der Waals surface area contributed by atoms with Crippen molar-refractivity contribution in [2.75, 3.05) is 11.9 Å². The number of hydrogen-bond donors (Lipinski definition) is 3. The van der Waals surface area contributed by atoms with Crippen molar-refractivity contribution in [3.63, 3.8) is 0 Å². The van der Waals surface area contributed by atoms with Crippen molar-refractivity contribution in [1.29, 1.82) is 0 Å². The van der Waals surface area contributed by atoms with Crippen LogP contribution in [-0.4, -0.2) is 22.9 Å². The molecule has 1 aromatic carbocycles. The molecule has 0 spiro atoms. The molecule has 6 heteroatoms. The summed E-state index contributed by atoms with van der Waals surface area (Å²) in [7, 11) is 0. The molecule has 0 amide bonds. The van der Waals surface area contributed by atoms with Gasteiger partial charge in [0.25, 0.3) is 0 Å². The molecule has 0 aliphatic heterocycles. The van der Waals surface area contributed by atoms with Gasteiger partial charge in [-0.05, 0) is 37.2 Å². The summed E-state index contributed by atoms with van der Waals surface area (Å²) in [4.78, 5) is 0. The summed E-state index contributed by atoms with van der Waals surface area (Å²) in [5.41, 5.74) is 0.609. The van der Waals surface area contributed by atoms with Gasteiger partial charge in [-0.15, -0.1) is 0 Å². The molecule has 3 N–H and O–H groups in total. The Hall–Kier alpha value is -0.550. The summed E-state index contributed by atoms with van der Waals surface area (Å²) >= 11 is 17.4. The van der Waals surface area contributed by atoms with Crippen LogP contribution >= 0.6 is 35.4 Å². The Labute approximate surface area is 134 Å². The highest BCUT2D eigenvalue weighted by atomic mass is 35.5. The number of nitrogens with one attached hydrogen (secondary N) is 2. The fourth-order valence-electron chi connectivity index (χ4n) is 2.42. The van der Waals surface area contributed by atoms with E-state index < -0.39 is 0 Å². The van der Waals surface area contributed by atoms with Crippen molar-refractivity contribution < 1.29 is 5.11 Å². The lowest BCUT2D eigenvalue weighted by Crippen LogP contribution is -2.38. The molecular weight excluding hydrogens is 315 g/mol. The Morgan fingerprint density at radius 3 is 2.55 bits per heavy atom. The summed E-state index contributed by atoms with van der Waals surface area (Å²) in [6.45, 7) is 0.662. The molecule has 2 atom stereocenters. The molecule has 1 aliphatic carbocycles. The van der Waals surface area contributed by atoms with Crippen LogP contribution in [0.5, 0.6) is 0 Å². The normalized spacial score (nSPS) is 22.4. The van der Waals surface area contributed by atoms with Crippen LogP contribution in [0.2, 0.25) is 10.0 Å². The second kappa shape index (κ2) is 7.46. The molecule has 0 unspecified atom stereocenters. The van der Waals surface area contributed by atoms with Crippen LogP contribution in [0.15, 0.2) is 18.2 Å². The van der Waals surface area contributed by atoms with E-state index >= 15 is 0 Å². The largest absolute Gasteiger partial charge is 0.393 e. The molecule has 1 aliphatic rings. The van der Waals surface area contributed by atoms with E-state index in [4.69, 9.17) is 35.4 Å². The minimum atomic E-state index is -0.233. The van der Waals surface area contributed by atoms with Crippen LogP contribution in [0.4, 0.5) is 5.69 Å². The molecule has 2 rings (SSSR count). The number of rotatable bonds is 3. The van der Waals surface area contributed by atoms with Gasteiger partial charge < -0.3 is 15.7 Å². The van der Waals surface area contributed by atoms with E-state index in [1.54, 1.807) is 18.2 Å². The standard InChI is InChI=1S/C14H18Cl2N2OS/c15-10-5-3-6-11(16)13(10)18-14(20)17-8-9-4-1-2-7-12(9)19/h3,5-6,9,12,19H,1-2,4,7-8H2,(H2,17,18,20)/t9-,12+/m1/s1. The number of anilines is 1. The van der Waals surface area contributed by atoms with Crippen LogP contribution in [-0.2, 0) is 0 Å². The number of hydrogen-bond acceptors (Lipinski definition) is 2. The zero-order valence-corrected chi connectivity index (χ0v) is 13.4. The Morgan fingerprint density at radius 2 is 1.90 bits per heavy atom. The summed E-state index contributed by atoms with van der Waals surface area (Å²) in [6.07, 6.45) is 3.95. The molecule has 0 bridgehead atoms. The highest BCUT2D eigenvalue weighted by molar-refractivity contribution is 7.80. The molecule has 1 fully saturated rings. The Balaban J connectivity index is 1.86. The van der Waals surface area contributed by atoms with Gasteiger partial charge in [-0.1, -0.05) is 42.1 Å². The fraction of sp³-hybridized carbons (Fsp3) is 0.500. The van der Waals surface area contributed by atoms with Crippen LogP contribution in [0.3, 0.4) is 0 Å². The predicted molar refractivity (Wildman–Crippen MR) is 88.7 cm³/mol. The van der Waals surface area contributed by atoms with E-state index in [-0.39, 0.29) is 12.0 Å². The zero-order valence-electron chi connectivity index (χ0n) is 11.0. The third-order valence-corrected chi connectivity index (χ3v) is 4.47. The summed E-state index contributed by atoms with van der Waals surface area (Å²) < 4.78 is 0. The lowest BCUT2D eigenvalue weighted by Gasteiger charge is -2.28. The van der Waals surface area contributed by atoms with Crippen LogP contribution < -0.4 is 10.6 Å². The first-order valence-corrected chi connectivity index (χ1v) is 7.91. The number of benzene rings is 1. The molecule has 0 aromatic heterocycles. The smallest absolute Gasteiger partial charge is 0.170 e. The number of thiocarbonyl (C=S) groups is 1. The van der Waals surface area contributed by atoms with E-state index in [1.165, 1.54) is 6.42 Å². The van der Waals surface area contributed by atoms with Crippen molar-refractivity contribution in [2.24, 2.45) is 5.92 Å². The minimum Gasteiger partial charge on any atom is -0.393 e. The number of aliphatic hydroxyl groups is 1. The van der Waals surface area contributed by atoms with Crippen molar-refractivity contribution in [2.45, 2.75) is 31.8 Å². The van der Waals surface area contributed by atoms with E-state index in [2.05, 4.69) is 10.6 Å². The Morgan fingerprint density at radius 1 is 1.25 bits per heavy atom. The lowest BCUT2D eigenvalue weighted by atomic mass is 9.86. The van der Waals surface area contributed by atoms with E-state index in [9.17, 15) is 5.11 Å². The summed E-state index contributed by atoms with van der Waals surface area (Å²) in [5.74, 6) is 0.255. The molecule has 3 nitrogen and oxygen atoms in total. The lowest BCUT2D eigenvalue weighted by molar-refractivity contribution is 0.0721. The van der Waals surface area contributed by atoms with Gasteiger partial charge in [0.05, 0.1) is 21.8 Å². The maximum Gasteiger partial charge on any atom is 0.170 e. The van der Waals surface area contributed by atoms with E-state index in [0.29, 0.717) is 27.4 Å². The molecule has 1 saturated carbocycles. The Kier molecular flexibility index (Phi) is 5.90. The van der Waals surface area contributed by atoms with Gasteiger partial charge >= 0.3 is 0 Å². The predicted octanol–water partition coefficient (Wildman–Crippen LogP) is 3.83. The minimum absolute atomic E-state index is 0.233. The third kappa shape index (κ3) is 4.22. The zero-order chi connectivity index (χ0) is 14.5. The summed E-state index contributed by atoms with van der Waals surface area (Å²) in [6, 6.07) is 5.29. The maximum absolute atomic E-state index is 9.91. The van der Waals surface area contributed by atoms with Crippen molar-refractivity contribution in [1.82, 2.24) is 5.32 Å². The van der Waals surface area contributed by atoms with Gasteiger partial charge in [0, 0.05) is 12.5 Å². The van der Waals surface area contributed by atoms with E-state index in [1.807, 2.05) is 0 Å². The molecule has 0 radical (unpaired) electrons. The fourth-order valence-corrected chi connectivity index (χ4v) is 3.10. The first-order chi connectivity index (χ1) is 9.58. The maximum atomic E-state index is 9.91. The van der Waals surface area contributed by atoms with Crippen LogP contribution in [0.1, 0.15) is 25.7 Å². The molecule has 1 aromatic rings. The van der Waals surface area contributed by atoms with Crippen LogP contribution in [0.25, 0.3) is 0 Å². The molecular formula is C14H18Cl2N2OS. The van der Waals surface area contributed by atoms with Gasteiger partial charge in [-0.25, -0.2) is 0 Å². The second-order valence-electron chi connectivity index (χ2n) is 5.04. The van der Waals surface area contributed by atoms with E-state index in [0.717, 1.165) is 19.3 Å². The Bertz CT molecular complexity index is 464. The molecule has 0 heterocycles.